The number of non-ortho nitro benzene ring substituents is 1. The molecule has 0 aliphatic carbocycles. The first kappa shape index (κ1) is 18.9. The summed E-state index contributed by atoms with van der Waals surface area (Å²) < 4.78 is 1.72. The summed E-state index contributed by atoms with van der Waals surface area (Å²) in [6.45, 7) is 0. The largest absolute Gasteiger partial charge is 0.508 e. The van der Waals surface area contributed by atoms with Crippen molar-refractivity contribution in [2.75, 3.05) is 5.32 Å². The molecule has 0 saturated heterocycles. The summed E-state index contributed by atoms with van der Waals surface area (Å²) in [7, 11) is 0. The Labute approximate surface area is 170 Å². The van der Waals surface area contributed by atoms with Crippen molar-refractivity contribution in [2.24, 2.45) is 0 Å². The Hall–Kier alpha value is -4.40. The lowest BCUT2D eigenvalue weighted by atomic mass is 10.1. The minimum Gasteiger partial charge on any atom is -0.508 e. The summed E-state index contributed by atoms with van der Waals surface area (Å²) in [5, 5.41) is 34.2. The number of benzene rings is 3. The molecule has 0 fully saturated rings. The standard InChI is InChI=1S/C21H16N4O5/c26-19-9-8-15(25(29)30)11-16(19)20(23-14-5-3-4-13(10-14)21(27)28)24-12-22-17-6-1-2-7-18(17)24/h1-12,20,23,26H,(H,27,28)/t20-/m0/s1. The predicted octanol–water partition coefficient (Wildman–Crippen LogP) is 4.01. The first-order valence-electron chi connectivity index (χ1n) is 8.93. The number of phenols is 1. The summed E-state index contributed by atoms with van der Waals surface area (Å²) >= 11 is 0. The van der Waals surface area contributed by atoms with E-state index in [0.717, 1.165) is 5.52 Å². The number of carbonyl (C=O) groups is 1. The van der Waals surface area contributed by atoms with Gasteiger partial charge in [-0.05, 0) is 36.4 Å². The van der Waals surface area contributed by atoms with Gasteiger partial charge >= 0.3 is 5.97 Å². The van der Waals surface area contributed by atoms with Gasteiger partial charge in [0.2, 0.25) is 0 Å². The Kier molecular flexibility index (Phi) is 4.77. The molecule has 3 aromatic carbocycles. The van der Waals surface area contributed by atoms with Crippen molar-refractivity contribution in [3.63, 3.8) is 0 Å². The van der Waals surface area contributed by atoms with Crippen LogP contribution in [-0.2, 0) is 0 Å². The molecule has 30 heavy (non-hydrogen) atoms. The Morgan fingerprint density at radius 3 is 2.67 bits per heavy atom. The van der Waals surface area contributed by atoms with Crippen LogP contribution in [0.25, 0.3) is 11.0 Å². The third kappa shape index (κ3) is 3.51. The van der Waals surface area contributed by atoms with Gasteiger partial charge < -0.3 is 20.1 Å². The van der Waals surface area contributed by atoms with Crippen molar-refractivity contribution < 1.29 is 19.9 Å². The van der Waals surface area contributed by atoms with Crippen LogP contribution >= 0.6 is 0 Å². The molecule has 4 aromatic rings. The number of aromatic carboxylic acids is 1. The van der Waals surface area contributed by atoms with Crippen LogP contribution in [0.3, 0.4) is 0 Å². The van der Waals surface area contributed by atoms with Gasteiger partial charge in [0, 0.05) is 23.4 Å². The zero-order valence-electron chi connectivity index (χ0n) is 15.5. The van der Waals surface area contributed by atoms with E-state index in [1.54, 1.807) is 23.0 Å². The highest BCUT2D eigenvalue weighted by atomic mass is 16.6. The highest BCUT2D eigenvalue weighted by Gasteiger charge is 2.23. The first-order chi connectivity index (χ1) is 14.4. The third-order valence-electron chi connectivity index (χ3n) is 4.69. The number of hydrogen-bond acceptors (Lipinski definition) is 6. The molecule has 0 amide bonds. The predicted molar refractivity (Wildman–Crippen MR) is 110 cm³/mol. The number of phenolic OH excluding ortho intramolecular Hbond substituents is 1. The molecule has 9 heteroatoms. The van der Waals surface area contributed by atoms with Gasteiger partial charge in [-0.25, -0.2) is 9.78 Å². The highest BCUT2D eigenvalue weighted by molar-refractivity contribution is 5.88. The van der Waals surface area contributed by atoms with E-state index < -0.39 is 17.1 Å². The van der Waals surface area contributed by atoms with E-state index in [0.29, 0.717) is 11.2 Å². The Balaban J connectivity index is 1.88. The Morgan fingerprint density at radius 2 is 1.90 bits per heavy atom. The highest BCUT2D eigenvalue weighted by Crippen LogP contribution is 2.33. The van der Waals surface area contributed by atoms with Crippen molar-refractivity contribution in [3.05, 3.63) is 94.3 Å². The lowest BCUT2D eigenvalue weighted by molar-refractivity contribution is -0.385. The number of nitrogens with zero attached hydrogens (tertiary/aromatic N) is 3. The average Bonchev–Trinajstić information content (AvgIpc) is 3.16. The van der Waals surface area contributed by atoms with Crippen LogP contribution in [0.4, 0.5) is 11.4 Å². The van der Waals surface area contributed by atoms with Gasteiger partial charge in [0.25, 0.3) is 5.69 Å². The molecule has 0 aliphatic rings. The minimum atomic E-state index is -1.08. The van der Waals surface area contributed by atoms with Crippen molar-refractivity contribution in [3.8, 4) is 5.75 Å². The molecule has 1 aromatic heterocycles. The number of anilines is 1. The molecule has 0 spiro atoms. The average molecular weight is 404 g/mol. The number of nitro groups is 1. The van der Waals surface area contributed by atoms with E-state index in [9.17, 15) is 25.1 Å². The maximum atomic E-state index is 11.3. The van der Waals surface area contributed by atoms with Gasteiger partial charge in [-0.1, -0.05) is 18.2 Å². The van der Waals surface area contributed by atoms with Crippen LogP contribution in [0.5, 0.6) is 5.75 Å². The molecular weight excluding hydrogens is 388 g/mol. The molecule has 3 N–H and O–H groups in total. The van der Waals surface area contributed by atoms with E-state index in [4.69, 9.17) is 0 Å². The van der Waals surface area contributed by atoms with Crippen LogP contribution < -0.4 is 5.32 Å². The number of carboxylic acids is 1. The van der Waals surface area contributed by atoms with Crippen molar-refractivity contribution in [1.82, 2.24) is 9.55 Å². The molecule has 0 bridgehead atoms. The molecule has 0 aliphatic heterocycles. The fourth-order valence-electron chi connectivity index (χ4n) is 3.26. The van der Waals surface area contributed by atoms with Crippen molar-refractivity contribution in [1.29, 1.82) is 0 Å². The van der Waals surface area contributed by atoms with Crippen LogP contribution in [0, 0.1) is 10.1 Å². The number of aromatic hydroxyl groups is 1. The van der Waals surface area contributed by atoms with Gasteiger partial charge in [0.05, 0.1) is 27.8 Å². The smallest absolute Gasteiger partial charge is 0.335 e. The number of aromatic nitrogens is 2. The summed E-state index contributed by atoms with van der Waals surface area (Å²) in [4.78, 5) is 26.4. The maximum absolute atomic E-state index is 11.3. The summed E-state index contributed by atoms with van der Waals surface area (Å²) in [5.74, 6) is -1.23. The second kappa shape index (κ2) is 7.55. The molecule has 0 saturated carbocycles. The Morgan fingerprint density at radius 1 is 1.10 bits per heavy atom. The summed E-state index contributed by atoms with van der Waals surface area (Å²) in [6, 6.07) is 17.2. The van der Waals surface area contributed by atoms with Gasteiger partial charge in [-0.2, -0.15) is 0 Å². The number of fused-ring (bicyclic) bond motifs is 1. The normalized spacial score (nSPS) is 11.9. The lowest BCUT2D eigenvalue weighted by Gasteiger charge is -2.23. The van der Waals surface area contributed by atoms with Gasteiger partial charge in [-0.15, -0.1) is 0 Å². The number of hydrogen-bond donors (Lipinski definition) is 3. The number of nitro benzene ring substituents is 1. The van der Waals surface area contributed by atoms with E-state index >= 15 is 0 Å². The molecule has 9 nitrogen and oxygen atoms in total. The van der Waals surface area contributed by atoms with Crippen LogP contribution in [0.15, 0.2) is 73.1 Å². The molecule has 150 valence electrons. The van der Waals surface area contributed by atoms with Gasteiger partial charge in [0.1, 0.15) is 11.9 Å². The minimum absolute atomic E-state index is 0.0810. The Bertz CT molecular complexity index is 1270. The number of para-hydroxylation sites is 2. The van der Waals surface area contributed by atoms with Crippen molar-refractivity contribution >= 4 is 28.4 Å². The van der Waals surface area contributed by atoms with E-state index in [1.165, 1.54) is 30.3 Å². The third-order valence-corrected chi connectivity index (χ3v) is 4.69. The van der Waals surface area contributed by atoms with Gasteiger partial charge in [-0.3, -0.25) is 10.1 Å². The van der Waals surface area contributed by atoms with Crippen molar-refractivity contribution in [2.45, 2.75) is 6.17 Å². The number of imidazole rings is 1. The zero-order chi connectivity index (χ0) is 21.3. The number of nitrogens with one attached hydrogen (secondary N) is 1. The molecule has 1 atom stereocenters. The van der Waals surface area contributed by atoms with Crippen LogP contribution in [0.2, 0.25) is 0 Å². The first-order valence-corrected chi connectivity index (χ1v) is 8.93. The second-order valence-corrected chi connectivity index (χ2v) is 6.57. The quantitative estimate of drug-likeness (QED) is 0.327. The summed E-state index contributed by atoms with van der Waals surface area (Å²) in [6.07, 6.45) is 0.767. The molecule has 0 unspecified atom stereocenters. The van der Waals surface area contributed by atoms with Crippen LogP contribution in [-0.4, -0.2) is 30.7 Å². The fraction of sp³-hybridized carbons (Fsp3) is 0.0476. The second-order valence-electron chi connectivity index (χ2n) is 6.57. The fourth-order valence-corrected chi connectivity index (χ4v) is 3.26. The van der Waals surface area contributed by atoms with Gasteiger partial charge in [0.15, 0.2) is 0 Å². The van der Waals surface area contributed by atoms with E-state index in [2.05, 4.69) is 10.3 Å². The molecule has 1 heterocycles. The van der Waals surface area contributed by atoms with E-state index in [-0.39, 0.29) is 22.6 Å². The zero-order valence-corrected chi connectivity index (χ0v) is 15.5. The monoisotopic (exact) mass is 404 g/mol. The van der Waals surface area contributed by atoms with Crippen LogP contribution in [0.1, 0.15) is 22.1 Å². The van der Waals surface area contributed by atoms with E-state index in [1.807, 2.05) is 24.3 Å². The SMILES string of the molecule is O=C(O)c1cccc(N[C@H](c2cc([N+](=O)[O-])ccc2O)n2cnc3ccccc32)c1. The maximum Gasteiger partial charge on any atom is 0.335 e. The molecule has 0 radical (unpaired) electrons. The topological polar surface area (TPSA) is 131 Å². The lowest BCUT2D eigenvalue weighted by Crippen LogP contribution is -2.19. The number of rotatable bonds is 6. The summed E-state index contributed by atoms with van der Waals surface area (Å²) in [5.41, 5.74) is 2.04. The molecule has 4 rings (SSSR count). The molecular formula is C21H16N4O5. The number of carboxylic acid groups (broad SMARTS) is 1.